The van der Waals surface area contributed by atoms with E-state index >= 15 is 0 Å². The van der Waals surface area contributed by atoms with Gasteiger partial charge in [-0.25, -0.2) is 4.79 Å². The number of carbonyl (C=O) groups excluding carboxylic acids is 1. The van der Waals surface area contributed by atoms with Crippen molar-refractivity contribution in [3.63, 3.8) is 0 Å². The minimum Gasteiger partial charge on any atom is -0.465 e. The van der Waals surface area contributed by atoms with Crippen molar-refractivity contribution >= 4 is 5.97 Å². The molecule has 0 unspecified atom stereocenters. The van der Waals surface area contributed by atoms with Crippen LogP contribution < -0.4 is 0 Å². The first-order valence-corrected chi connectivity index (χ1v) is 7.86. The largest absolute Gasteiger partial charge is 0.465 e. The molecule has 0 amide bonds. The average molecular weight is 314 g/mol. The molecule has 1 aromatic carbocycles. The van der Waals surface area contributed by atoms with E-state index in [1.165, 1.54) is 7.11 Å². The van der Waals surface area contributed by atoms with Crippen molar-refractivity contribution in [1.82, 2.24) is 0 Å². The SMILES string of the molecule is CC.CC.CC.COC(=O)c1ccc(C(C)(OC)OC)cc1. The van der Waals surface area contributed by atoms with E-state index in [0.717, 1.165) is 5.56 Å². The van der Waals surface area contributed by atoms with Crippen LogP contribution in [-0.2, 0) is 20.0 Å². The predicted molar refractivity (Wildman–Crippen MR) is 93.2 cm³/mol. The van der Waals surface area contributed by atoms with Crippen molar-refractivity contribution in [3.05, 3.63) is 35.4 Å². The molecular formula is C18H34O4. The Bertz CT molecular complexity index is 354. The Kier molecular flexibility index (Phi) is 18.6. The molecule has 22 heavy (non-hydrogen) atoms. The molecule has 0 aromatic heterocycles. The molecule has 4 heteroatoms. The predicted octanol–water partition coefficient (Wildman–Crippen LogP) is 5.02. The van der Waals surface area contributed by atoms with Gasteiger partial charge in [0.05, 0.1) is 12.7 Å². The third-order valence-corrected chi connectivity index (χ3v) is 2.61. The number of hydrogen-bond acceptors (Lipinski definition) is 4. The molecule has 0 N–H and O–H groups in total. The van der Waals surface area contributed by atoms with Gasteiger partial charge in [0.25, 0.3) is 0 Å². The summed E-state index contributed by atoms with van der Waals surface area (Å²) >= 11 is 0. The van der Waals surface area contributed by atoms with Crippen LogP contribution in [0.4, 0.5) is 0 Å². The van der Waals surface area contributed by atoms with Crippen molar-refractivity contribution in [1.29, 1.82) is 0 Å². The van der Waals surface area contributed by atoms with Gasteiger partial charge in [-0.2, -0.15) is 0 Å². The monoisotopic (exact) mass is 314 g/mol. The van der Waals surface area contributed by atoms with E-state index in [9.17, 15) is 4.79 Å². The van der Waals surface area contributed by atoms with Crippen molar-refractivity contribution in [2.24, 2.45) is 0 Å². The standard InChI is InChI=1S/C12H16O4.3C2H6/c1-12(15-3,16-4)10-7-5-9(6-8-10)11(13)14-2;3*1-2/h5-8H,1-4H3;3*1-2H3. The quantitative estimate of drug-likeness (QED) is 0.578. The first-order valence-electron chi connectivity index (χ1n) is 7.86. The number of rotatable bonds is 4. The van der Waals surface area contributed by atoms with Gasteiger partial charge in [-0.1, -0.05) is 53.7 Å². The highest BCUT2D eigenvalue weighted by molar-refractivity contribution is 5.89. The van der Waals surface area contributed by atoms with Crippen LogP contribution in [0.15, 0.2) is 24.3 Å². The van der Waals surface area contributed by atoms with E-state index < -0.39 is 5.79 Å². The average Bonchev–Trinajstić information content (AvgIpc) is 2.65. The van der Waals surface area contributed by atoms with E-state index in [0.29, 0.717) is 5.56 Å². The number of methoxy groups -OCH3 is 3. The fourth-order valence-corrected chi connectivity index (χ4v) is 1.35. The summed E-state index contributed by atoms with van der Waals surface area (Å²) in [5.74, 6) is -1.16. The van der Waals surface area contributed by atoms with Gasteiger partial charge < -0.3 is 14.2 Å². The number of ether oxygens (including phenoxy) is 3. The molecule has 0 spiro atoms. The minimum atomic E-state index is -0.797. The molecule has 1 rings (SSSR count). The minimum absolute atomic E-state index is 0.358. The van der Waals surface area contributed by atoms with Crippen LogP contribution in [0, 0.1) is 0 Å². The van der Waals surface area contributed by atoms with Crippen LogP contribution in [0.2, 0.25) is 0 Å². The fourth-order valence-electron chi connectivity index (χ4n) is 1.35. The van der Waals surface area contributed by atoms with Crippen molar-refractivity contribution in [2.75, 3.05) is 21.3 Å². The summed E-state index contributed by atoms with van der Waals surface area (Å²) < 4.78 is 15.1. The van der Waals surface area contributed by atoms with Crippen molar-refractivity contribution < 1.29 is 19.0 Å². The zero-order valence-corrected chi connectivity index (χ0v) is 15.9. The van der Waals surface area contributed by atoms with E-state index in [2.05, 4.69) is 4.74 Å². The Morgan fingerprint density at radius 2 is 1.18 bits per heavy atom. The van der Waals surface area contributed by atoms with Crippen LogP contribution in [-0.4, -0.2) is 27.3 Å². The topological polar surface area (TPSA) is 44.8 Å². The second-order valence-corrected chi connectivity index (χ2v) is 3.42. The number of hydrogen-bond donors (Lipinski definition) is 0. The highest BCUT2D eigenvalue weighted by Gasteiger charge is 2.25. The molecule has 0 bridgehead atoms. The molecule has 1 aromatic rings. The summed E-state index contributed by atoms with van der Waals surface area (Å²) in [4.78, 5) is 11.2. The van der Waals surface area contributed by atoms with Gasteiger partial charge in [0, 0.05) is 19.8 Å². The molecule has 130 valence electrons. The maximum absolute atomic E-state index is 11.2. The Morgan fingerprint density at radius 3 is 1.45 bits per heavy atom. The van der Waals surface area contributed by atoms with E-state index in [1.54, 1.807) is 45.4 Å². The lowest BCUT2D eigenvalue weighted by Gasteiger charge is -2.26. The van der Waals surface area contributed by atoms with Crippen LogP contribution in [0.25, 0.3) is 0 Å². The van der Waals surface area contributed by atoms with Crippen LogP contribution >= 0.6 is 0 Å². The van der Waals surface area contributed by atoms with E-state index in [-0.39, 0.29) is 5.97 Å². The molecule has 0 aliphatic rings. The lowest BCUT2D eigenvalue weighted by atomic mass is 10.1. The molecule has 0 saturated heterocycles. The van der Waals surface area contributed by atoms with Crippen LogP contribution in [0.1, 0.15) is 64.4 Å². The lowest BCUT2D eigenvalue weighted by Crippen LogP contribution is -2.26. The Morgan fingerprint density at radius 1 is 0.818 bits per heavy atom. The first-order chi connectivity index (χ1) is 10.6. The van der Waals surface area contributed by atoms with Gasteiger partial charge in [-0.3, -0.25) is 0 Å². The summed E-state index contributed by atoms with van der Waals surface area (Å²) in [7, 11) is 4.49. The third kappa shape index (κ3) is 8.15. The summed E-state index contributed by atoms with van der Waals surface area (Å²) in [5.41, 5.74) is 1.34. The van der Waals surface area contributed by atoms with E-state index in [4.69, 9.17) is 9.47 Å². The van der Waals surface area contributed by atoms with Gasteiger partial charge in [-0.05, 0) is 19.1 Å². The normalized spacial score (nSPS) is 9.00. The highest BCUT2D eigenvalue weighted by atomic mass is 16.7. The Balaban J connectivity index is -0.000000535. The zero-order valence-electron chi connectivity index (χ0n) is 15.9. The molecule has 0 aliphatic heterocycles. The molecule has 4 nitrogen and oxygen atoms in total. The number of benzene rings is 1. The smallest absolute Gasteiger partial charge is 0.337 e. The third-order valence-electron chi connectivity index (χ3n) is 2.61. The van der Waals surface area contributed by atoms with E-state index in [1.807, 2.05) is 41.5 Å². The summed E-state index contributed by atoms with van der Waals surface area (Å²) in [6, 6.07) is 6.91. The molecular weight excluding hydrogens is 280 g/mol. The van der Waals surface area contributed by atoms with Crippen LogP contribution in [0.3, 0.4) is 0 Å². The van der Waals surface area contributed by atoms with Gasteiger partial charge in [-0.15, -0.1) is 0 Å². The Hall–Kier alpha value is -1.39. The molecule has 0 aliphatic carbocycles. The molecule has 0 fully saturated rings. The van der Waals surface area contributed by atoms with Crippen molar-refractivity contribution in [3.8, 4) is 0 Å². The number of esters is 1. The molecule has 0 radical (unpaired) electrons. The lowest BCUT2D eigenvalue weighted by molar-refractivity contribution is -0.201. The zero-order chi connectivity index (χ0) is 18.2. The fraction of sp³-hybridized carbons (Fsp3) is 0.611. The van der Waals surface area contributed by atoms with Crippen LogP contribution in [0.5, 0.6) is 0 Å². The second-order valence-electron chi connectivity index (χ2n) is 3.42. The molecule has 0 atom stereocenters. The van der Waals surface area contributed by atoms with Gasteiger partial charge >= 0.3 is 5.97 Å². The highest BCUT2D eigenvalue weighted by Crippen LogP contribution is 2.25. The molecule has 0 saturated carbocycles. The van der Waals surface area contributed by atoms with Gasteiger partial charge in [0.15, 0.2) is 5.79 Å². The maximum atomic E-state index is 11.2. The summed E-state index contributed by atoms with van der Waals surface area (Å²) in [6.07, 6.45) is 0. The van der Waals surface area contributed by atoms with Gasteiger partial charge in [0.2, 0.25) is 0 Å². The first kappa shape index (κ1) is 25.6. The maximum Gasteiger partial charge on any atom is 0.337 e. The molecule has 0 heterocycles. The van der Waals surface area contributed by atoms with Crippen molar-refractivity contribution in [2.45, 2.75) is 54.3 Å². The second kappa shape index (κ2) is 16.0. The summed E-state index contributed by atoms with van der Waals surface area (Å²) in [6.45, 7) is 13.8. The summed E-state index contributed by atoms with van der Waals surface area (Å²) in [5, 5.41) is 0. The Labute approximate surface area is 136 Å². The van der Waals surface area contributed by atoms with Gasteiger partial charge in [0.1, 0.15) is 0 Å². The number of carbonyl (C=O) groups is 1.